The molecule has 1 radical (unpaired) electrons. The Hall–Kier alpha value is -0.120. The van der Waals surface area contributed by atoms with Crippen LogP contribution < -0.4 is 0 Å². The van der Waals surface area contributed by atoms with Gasteiger partial charge < -0.3 is 15.3 Å². The van der Waals surface area contributed by atoms with Crippen molar-refractivity contribution in [3.8, 4) is 0 Å². The van der Waals surface area contributed by atoms with Crippen molar-refractivity contribution in [2.75, 3.05) is 0 Å². The third-order valence-electron chi connectivity index (χ3n) is 1.36. The Morgan fingerprint density at radius 2 is 2.00 bits per heavy atom. The van der Waals surface area contributed by atoms with E-state index in [0.29, 0.717) is 19.3 Å². The van der Waals surface area contributed by atoms with E-state index in [9.17, 15) is 0 Å². The molecule has 0 aromatic heterocycles. The summed E-state index contributed by atoms with van der Waals surface area (Å²) in [5.41, 5.74) is 0. The maximum Gasteiger partial charge on any atom is 0.186 e. The maximum atomic E-state index is 8.99. The molecule has 61 valence electrons. The third kappa shape index (κ3) is 3.82. The number of hydrogen-bond donors (Lipinski definition) is 3. The van der Waals surface area contributed by atoms with Crippen LogP contribution in [0.15, 0.2) is 0 Å². The third-order valence-corrected chi connectivity index (χ3v) is 1.36. The highest BCUT2D eigenvalue weighted by molar-refractivity contribution is 4.68. The zero-order valence-electron chi connectivity index (χ0n) is 6.25. The Labute approximate surface area is 61.3 Å². The van der Waals surface area contributed by atoms with Crippen LogP contribution >= 0.6 is 0 Å². The van der Waals surface area contributed by atoms with Gasteiger partial charge in [-0.3, -0.25) is 0 Å². The highest BCUT2D eigenvalue weighted by Crippen LogP contribution is 2.11. The summed E-state index contributed by atoms with van der Waals surface area (Å²) < 4.78 is 0. The molecule has 0 aromatic carbocycles. The number of aliphatic hydroxyl groups is 3. The van der Waals surface area contributed by atoms with Crippen molar-refractivity contribution in [3.63, 3.8) is 0 Å². The summed E-state index contributed by atoms with van der Waals surface area (Å²) in [6.45, 7) is 4.73. The molecule has 0 heterocycles. The molecule has 3 heteroatoms. The molecule has 0 spiro atoms. The van der Waals surface area contributed by atoms with Crippen LogP contribution in [0.2, 0.25) is 0 Å². The average molecular weight is 147 g/mol. The van der Waals surface area contributed by atoms with Crippen LogP contribution in [0.5, 0.6) is 0 Å². The first kappa shape index (κ1) is 9.88. The van der Waals surface area contributed by atoms with Crippen LogP contribution in [0.3, 0.4) is 0 Å². The molecule has 1 atom stereocenters. The summed E-state index contributed by atoms with van der Waals surface area (Å²) in [4.78, 5) is 0. The van der Waals surface area contributed by atoms with Crippen molar-refractivity contribution in [1.82, 2.24) is 0 Å². The summed E-state index contributed by atoms with van der Waals surface area (Å²) in [7, 11) is 0. The first-order valence-electron chi connectivity index (χ1n) is 3.40. The first-order chi connectivity index (χ1) is 4.48. The second kappa shape index (κ2) is 3.91. The van der Waals surface area contributed by atoms with E-state index in [2.05, 4.69) is 6.92 Å². The molecule has 0 rings (SSSR count). The zero-order valence-corrected chi connectivity index (χ0v) is 6.25. The maximum absolute atomic E-state index is 8.99. The van der Waals surface area contributed by atoms with E-state index >= 15 is 0 Å². The number of unbranched alkanes of at least 4 members (excludes halogenated alkanes) is 1. The quantitative estimate of drug-likeness (QED) is 0.492. The second-order valence-electron chi connectivity index (χ2n) is 2.61. The highest BCUT2D eigenvalue weighted by Gasteiger charge is 2.25. The molecule has 0 saturated heterocycles. The lowest BCUT2D eigenvalue weighted by atomic mass is 10.1. The molecule has 3 nitrogen and oxygen atoms in total. The van der Waals surface area contributed by atoms with Crippen molar-refractivity contribution in [3.05, 3.63) is 6.92 Å². The fraction of sp³-hybridized carbons (Fsp3) is 0.857. The van der Waals surface area contributed by atoms with Gasteiger partial charge in [-0.1, -0.05) is 19.8 Å². The van der Waals surface area contributed by atoms with Crippen LogP contribution in [-0.2, 0) is 0 Å². The molecule has 10 heavy (non-hydrogen) atoms. The fourth-order valence-electron chi connectivity index (χ4n) is 0.611. The van der Waals surface area contributed by atoms with E-state index in [0.717, 1.165) is 0 Å². The van der Waals surface area contributed by atoms with Crippen LogP contribution in [0, 0.1) is 6.92 Å². The van der Waals surface area contributed by atoms with Gasteiger partial charge in [0.25, 0.3) is 0 Å². The smallest absolute Gasteiger partial charge is 0.186 e. The minimum atomic E-state index is -1.96. The van der Waals surface area contributed by atoms with E-state index in [1.165, 1.54) is 6.92 Å². The van der Waals surface area contributed by atoms with Gasteiger partial charge in [0.2, 0.25) is 0 Å². The van der Waals surface area contributed by atoms with Gasteiger partial charge in [-0.2, -0.15) is 0 Å². The van der Waals surface area contributed by atoms with Gasteiger partial charge in [-0.05, 0) is 13.3 Å². The standard InChI is InChI=1S/C7H15O3/c1-3-4-5-6(8)7(2,9)10/h6,8-10H,1,3-5H2,2H3. The second-order valence-corrected chi connectivity index (χ2v) is 2.61. The lowest BCUT2D eigenvalue weighted by Crippen LogP contribution is -2.38. The Morgan fingerprint density at radius 1 is 1.50 bits per heavy atom. The van der Waals surface area contributed by atoms with Crippen LogP contribution in [-0.4, -0.2) is 27.2 Å². The molecule has 0 saturated carbocycles. The molecule has 0 aliphatic rings. The Bertz CT molecular complexity index is 85.3. The van der Waals surface area contributed by atoms with Gasteiger partial charge in [0, 0.05) is 0 Å². The number of aliphatic hydroxyl groups excluding tert-OH is 1. The molecule has 0 aliphatic heterocycles. The van der Waals surface area contributed by atoms with Gasteiger partial charge in [0.1, 0.15) is 6.10 Å². The summed E-state index contributed by atoms with van der Waals surface area (Å²) in [6, 6.07) is 0. The van der Waals surface area contributed by atoms with E-state index in [4.69, 9.17) is 15.3 Å². The zero-order chi connectivity index (χ0) is 8.20. The van der Waals surface area contributed by atoms with Crippen molar-refractivity contribution in [2.24, 2.45) is 0 Å². The number of hydrogen-bond acceptors (Lipinski definition) is 3. The van der Waals surface area contributed by atoms with Gasteiger partial charge in [0.15, 0.2) is 5.79 Å². The predicted molar refractivity (Wildman–Crippen MR) is 38.1 cm³/mol. The van der Waals surface area contributed by atoms with Crippen molar-refractivity contribution < 1.29 is 15.3 Å². The van der Waals surface area contributed by atoms with Gasteiger partial charge in [-0.15, -0.1) is 0 Å². The molecular weight excluding hydrogens is 132 g/mol. The minimum Gasteiger partial charge on any atom is -0.388 e. The summed E-state index contributed by atoms with van der Waals surface area (Å²) in [6.07, 6.45) is 0.729. The van der Waals surface area contributed by atoms with E-state index in [1.807, 2.05) is 0 Å². The minimum absolute atomic E-state index is 0.382. The lowest BCUT2D eigenvalue weighted by molar-refractivity contribution is -0.212. The summed E-state index contributed by atoms with van der Waals surface area (Å²) in [5.74, 6) is -1.96. The Balaban J connectivity index is 3.52. The van der Waals surface area contributed by atoms with E-state index < -0.39 is 11.9 Å². The van der Waals surface area contributed by atoms with Crippen LogP contribution in [0.1, 0.15) is 26.2 Å². The molecule has 0 aromatic rings. The summed E-state index contributed by atoms with van der Waals surface area (Å²) in [5, 5.41) is 26.6. The Kier molecular flexibility index (Phi) is 3.86. The topological polar surface area (TPSA) is 60.7 Å². The highest BCUT2D eigenvalue weighted by atomic mass is 16.5. The molecule has 3 N–H and O–H groups in total. The van der Waals surface area contributed by atoms with Gasteiger partial charge in [-0.25, -0.2) is 0 Å². The van der Waals surface area contributed by atoms with Crippen LogP contribution in [0.25, 0.3) is 0 Å². The van der Waals surface area contributed by atoms with Gasteiger partial charge >= 0.3 is 0 Å². The molecule has 0 fully saturated rings. The molecule has 0 amide bonds. The lowest BCUT2D eigenvalue weighted by Gasteiger charge is -2.22. The first-order valence-corrected chi connectivity index (χ1v) is 3.40. The molecule has 0 aliphatic carbocycles. The number of rotatable bonds is 4. The molecule has 0 bridgehead atoms. The van der Waals surface area contributed by atoms with Crippen LogP contribution in [0.4, 0.5) is 0 Å². The average Bonchev–Trinajstić information content (AvgIpc) is 1.80. The normalized spacial score (nSPS) is 15.3. The van der Waals surface area contributed by atoms with E-state index in [-0.39, 0.29) is 0 Å². The Morgan fingerprint density at radius 3 is 2.30 bits per heavy atom. The van der Waals surface area contributed by atoms with Crippen molar-refractivity contribution >= 4 is 0 Å². The molecular formula is C7H15O3. The largest absolute Gasteiger partial charge is 0.388 e. The van der Waals surface area contributed by atoms with Crippen molar-refractivity contribution in [2.45, 2.75) is 38.1 Å². The van der Waals surface area contributed by atoms with E-state index in [1.54, 1.807) is 0 Å². The monoisotopic (exact) mass is 147 g/mol. The SMILES string of the molecule is [CH2]CCCC(O)C(C)(O)O. The predicted octanol–water partition coefficient (Wildman–Crippen LogP) is 0.0525. The van der Waals surface area contributed by atoms with Gasteiger partial charge in [0.05, 0.1) is 0 Å². The van der Waals surface area contributed by atoms with Crippen molar-refractivity contribution in [1.29, 1.82) is 0 Å². The summed E-state index contributed by atoms with van der Waals surface area (Å²) >= 11 is 0. The fourth-order valence-corrected chi connectivity index (χ4v) is 0.611. The molecule has 1 unspecified atom stereocenters.